The molecule has 2 amide bonds. The second-order valence-electron chi connectivity index (χ2n) is 3.96. The lowest BCUT2D eigenvalue weighted by Gasteiger charge is -2.36. The number of carbonyl (C=O) groups is 1. The summed E-state index contributed by atoms with van der Waals surface area (Å²) in [6.07, 6.45) is 0. The summed E-state index contributed by atoms with van der Waals surface area (Å²) in [5.74, 6) is 0. The molecule has 2 unspecified atom stereocenters. The largest absolute Gasteiger partial charge is 0.328 e. The molecule has 0 radical (unpaired) electrons. The summed E-state index contributed by atoms with van der Waals surface area (Å²) < 4.78 is 0. The average molecular weight is 216 g/mol. The molecule has 0 spiro atoms. The van der Waals surface area contributed by atoms with Crippen molar-refractivity contribution in [3.8, 4) is 0 Å². The van der Waals surface area contributed by atoms with Crippen LogP contribution < -0.4 is 0 Å². The molecule has 1 rings (SSSR count). The molecule has 0 aliphatic carbocycles. The molecule has 0 N–H and O–H groups in total. The van der Waals surface area contributed by atoms with Gasteiger partial charge in [0.05, 0.1) is 0 Å². The van der Waals surface area contributed by atoms with Crippen molar-refractivity contribution in [3.05, 3.63) is 0 Å². The first-order chi connectivity index (χ1) is 6.54. The Morgan fingerprint density at radius 3 is 2.36 bits per heavy atom. The zero-order valence-electron chi connectivity index (χ0n) is 9.49. The Kier molecular flexibility index (Phi) is 4.11. The van der Waals surface area contributed by atoms with Gasteiger partial charge in [-0.15, -0.1) is 0 Å². The van der Waals surface area contributed by atoms with Crippen molar-refractivity contribution >= 4 is 17.8 Å². The fourth-order valence-electron chi connectivity index (χ4n) is 1.71. The Balaban J connectivity index is 2.54. The van der Waals surface area contributed by atoms with E-state index in [1.54, 1.807) is 4.90 Å². The first kappa shape index (κ1) is 11.7. The van der Waals surface area contributed by atoms with Crippen LogP contribution in [0.1, 0.15) is 20.8 Å². The molecule has 0 aromatic rings. The van der Waals surface area contributed by atoms with Crippen LogP contribution in [0, 0.1) is 0 Å². The van der Waals surface area contributed by atoms with Crippen LogP contribution in [0.25, 0.3) is 0 Å². The van der Waals surface area contributed by atoms with Crippen molar-refractivity contribution in [1.29, 1.82) is 0 Å². The highest BCUT2D eigenvalue weighted by Gasteiger charge is 2.26. The Morgan fingerprint density at radius 1 is 1.43 bits per heavy atom. The van der Waals surface area contributed by atoms with Gasteiger partial charge in [-0.25, -0.2) is 4.79 Å². The molecular weight excluding hydrogens is 196 g/mol. The van der Waals surface area contributed by atoms with E-state index in [1.165, 1.54) is 0 Å². The van der Waals surface area contributed by atoms with Gasteiger partial charge in [-0.3, -0.25) is 0 Å². The molecule has 82 valence electrons. The van der Waals surface area contributed by atoms with Crippen LogP contribution in [-0.2, 0) is 0 Å². The minimum Gasteiger partial charge on any atom is -0.328 e. The number of carbonyl (C=O) groups excluding carboxylic acids is 1. The van der Waals surface area contributed by atoms with Crippen molar-refractivity contribution < 1.29 is 4.79 Å². The Bertz CT molecular complexity index is 200. The van der Waals surface area contributed by atoms with E-state index < -0.39 is 0 Å². The highest BCUT2D eigenvalue weighted by atomic mass is 32.2. The summed E-state index contributed by atoms with van der Waals surface area (Å²) in [5.41, 5.74) is 0. The number of hydrogen-bond acceptors (Lipinski definition) is 2. The molecule has 2 atom stereocenters. The summed E-state index contributed by atoms with van der Waals surface area (Å²) in [7, 11) is 1.86. The molecule has 1 aliphatic heterocycles. The van der Waals surface area contributed by atoms with Gasteiger partial charge in [0.2, 0.25) is 0 Å². The van der Waals surface area contributed by atoms with Crippen LogP contribution in [0.15, 0.2) is 0 Å². The van der Waals surface area contributed by atoms with E-state index in [4.69, 9.17) is 0 Å². The fraction of sp³-hybridized carbons (Fsp3) is 0.900. The molecule has 3 nitrogen and oxygen atoms in total. The van der Waals surface area contributed by atoms with Gasteiger partial charge in [0.15, 0.2) is 0 Å². The van der Waals surface area contributed by atoms with Crippen LogP contribution in [-0.4, -0.2) is 53.0 Å². The Morgan fingerprint density at radius 2 is 1.93 bits per heavy atom. The standard InChI is InChI=1S/C10H20N2OS/c1-5-11(4)10(13)12-6-8(2)14-9(3)7-12/h8-9H,5-7H2,1-4H3. The molecule has 1 aliphatic rings. The second-order valence-corrected chi connectivity index (χ2v) is 5.84. The van der Waals surface area contributed by atoms with Crippen LogP contribution >= 0.6 is 11.8 Å². The summed E-state index contributed by atoms with van der Waals surface area (Å²) >= 11 is 1.97. The lowest BCUT2D eigenvalue weighted by molar-refractivity contribution is 0.164. The predicted molar refractivity (Wildman–Crippen MR) is 61.8 cm³/mol. The maximum Gasteiger partial charge on any atom is 0.319 e. The minimum absolute atomic E-state index is 0.173. The van der Waals surface area contributed by atoms with Gasteiger partial charge in [-0.1, -0.05) is 13.8 Å². The van der Waals surface area contributed by atoms with E-state index in [1.807, 2.05) is 30.6 Å². The van der Waals surface area contributed by atoms with E-state index in [-0.39, 0.29) is 6.03 Å². The third kappa shape index (κ3) is 2.80. The number of thioether (sulfide) groups is 1. The second kappa shape index (κ2) is 4.91. The predicted octanol–water partition coefficient (Wildman–Crippen LogP) is 1.88. The van der Waals surface area contributed by atoms with Crippen LogP contribution in [0.5, 0.6) is 0 Å². The van der Waals surface area contributed by atoms with Crippen molar-refractivity contribution in [3.63, 3.8) is 0 Å². The Hall–Kier alpha value is -0.380. The maximum absolute atomic E-state index is 11.9. The van der Waals surface area contributed by atoms with Gasteiger partial charge in [0, 0.05) is 37.2 Å². The SMILES string of the molecule is CCN(C)C(=O)N1CC(C)SC(C)C1. The van der Waals surface area contributed by atoms with Gasteiger partial charge in [-0.05, 0) is 6.92 Å². The summed E-state index contributed by atoms with van der Waals surface area (Å²) in [5, 5.41) is 1.13. The van der Waals surface area contributed by atoms with Gasteiger partial charge in [-0.2, -0.15) is 11.8 Å². The molecular formula is C10H20N2OS. The number of rotatable bonds is 1. The van der Waals surface area contributed by atoms with Crippen LogP contribution in [0.3, 0.4) is 0 Å². The third-order valence-electron chi connectivity index (χ3n) is 2.49. The van der Waals surface area contributed by atoms with Gasteiger partial charge in [0.25, 0.3) is 0 Å². The van der Waals surface area contributed by atoms with E-state index in [0.29, 0.717) is 10.5 Å². The van der Waals surface area contributed by atoms with Crippen molar-refractivity contribution in [2.24, 2.45) is 0 Å². The average Bonchev–Trinajstić information content (AvgIpc) is 2.14. The third-order valence-corrected chi connectivity index (χ3v) is 3.72. The minimum atomic E-state index is 0.173. The van der Waals surface area contributed by atoms with E-state index in [0.717, 1.165) is 19.6 Å². The number of hydrogen-bond donors (Lipinski definition) is 0. The van der Waals surface area contributed by atoms with Gasteiger partial charge < -0.3 is 9.80 Å². The summed E-state index contributed by atoms with van der Waals surface area (Å²) in [6.45, 7) is 8.93. The van der Waals surface area contributed by atoms with Gasteiger partial charge in [0.1, 0.15) is 0 Å². The smallest absolute Gasteiger partial charge is 0.319 e. The first-order valence-corrected chi connectivity index (χ1v) is 6.14. The van der Waals surface area contributed by atoms with E-state index in [2.05, 4.69) is 13.8 Å². The first-order valence-electron chi connectivity index (χ1n) is 5.20. The zero-order valence-corrected chi connectivity index (χ0v) is 10.3. The monoisotopic (exact) mass is 216 g/mol. The fourth-order valence-corrected chi connectivity index (χ4v) is 3.04. The number of urea groups is 1. The van der Waals surface area contributed by atoms with Crippen molar-refractivity contribution in [1.82, 2.24) is 9.80 Å². The van der Waals surface area contributed by atoms with E-state index in [9.17, 15) is 4.79 Å². The summed E-state index contributed by atoms with van der Waals surface area (Å²) in [4.78, 5) is 15.6. The zero-order chi connectivity index (χ0) is 10.7. The highest BCUT2D eigenvalue weighted by molar-refractivity contribution is 8.00. The maximum atomic E-state index is 11.9. The van der Waals surface area contributed by atoms with Crippen molar-refractivity contribution in [2.75, 3.05) is 26.7 Å². The van der Waals surface area contributed by atoms with Gasteiger partial charge >= 0.3 is 6.03 Å². The summed E-state index contributed by atoms with van der Waals surface area (Å²) in [6, 6.07) is 0.173. The van der Waals surface area contributed by atoms with E-state index >= 15 is 0 Å². The molecule has 0 aromatic carbocycles. The topological polar surface area (TPSA) is 23.6 Å². The highest BCUT2D eigenvalue weighted by Crippen LogP contribution is 2.25. The van der Waals surface area contributed by atoms with Crippen LogP contribution in [0.2, 0.25) is 0 Å². The normalized spacial score (nSPS) is 27.6. The molecule has 0 aromatic heterocycles. The molecule has 0 saturated carbocycles. The molecule has 1 saturated heterocycles. The molecule has 14 heavy (non-hydrogen) atoms. The number of amides is 2. The quantitative estimate of drug-likeness (QED) is 0.668. The molecule has 1 heterocycles. The lowest BCUT2D eigenvalue weighted by atomic mass is 10.3. The number of nitrogens with zero attached hydrogens (tertiary/aromatic N) is 2. The molecule has 0 bridgehead atoms. The van der Waals surface area contributed by atoms with Crippen molar-refractivity contribution in [2.45, 2.75) is 31.3 Å². The molecule has 1 fully saturated rings. The molecule has 4 heteroatoms. The Labute approximate surface area is 90.8 Å². The van der Waals surface area contributed by atoms with Crippen LogP contribution in [0.4, 0.5) is 4.79 Å². The lowest BCUT2D eigenvalue weighted by Crippen LogP contribution is -2.49.